The number of aryl methyl sites for hydroxylation is 1. The van der Waals surface area contributed by atoms with Crippen LogP contribution in [-0.4, -0.2) is 20.4 Å². The van der Waals surface area contributed by atoms with E-state index in [1.54, 1.807) is 19.3 Å². The summed E-state index contributed by atoms with van der Waals surface area (Å²) in [5.41, 5.74) is 2.65. The highest BCUT2D eigenvalue weighted by Crippen LogP contribution is 2.19. The van der Waals surface area contributed by atoms with Crippen molar-refractivity contribution in [2.24, 2.45) is 0 Å². The van der Waals surface area contributed by atoms with E-state index < -0.39 is 10.0 Å². The summed E-state index contributed by atoms with van der Waals surface area (Å²) in [5.74, 6) is 0. The smallest absolute Gasteiger partial charge is 0.244 e. The molecule has 2 aromatic rings. The second-order valence-electron chi connectivity index (χ2n) is 4.57. The number of nitrogens with one attached hydrogen (secondary N) is 2. The normalized spacial score (nSPS) is 11.3. The molecule has 112 valence electrons. The predicted molar refractivity (Wildman–Crippen MR) is 83.6 cm³/mol. The van der Waals surface area contributed by atoms with Gasteiger partial charge >= 0.3 is 0 Å². The Morgan fingerprint density at radius 2 is 1.86 bits per heavy atom. The van der Waals surface area contributed by atoms with E-state index in [0.29, 0.717) is 5.69 Å². The van der Waals surface area contributed by atoms with Crippen LogP contribution in [0.1, 0.15) is 18.1 Å². The maximum Gasteiger partial charge on any atom is 0.244 e. The van der Waals surface area contributed by atoms with Crippen molar-refractivity contribution in [1.29, 1.82) is 0 Å². The molecule has 21 heavy (non-hydrogen) atoms. The van der Waals surface area contributed by atoms with Gasteiger partial charge in [0.05, 0.1) is 5.69 Å². The van der Waals surface area contributed by atoms with Crippen LogP contribution >= 0.6 is 0 Å². The molecule has 1 aromatic carbocycles. The minimum atomic E-state index is -3.60. The molecular weight excluding hydrogens is 286 g/mol. The van der Waals surface area contributed by atoms with Gasteiger partial charge in [-0.2, -0.15) is 0 Å². The molecule has 0 amide bonds. The molecule has 0 aliphatic carbocycles. The van der Waals surface area contributed by atoms with Gasteiger partial charge in [0.2, 0.25) is 10.0 Å². The highest BCUT2D eigenvalue weighted by molar-refractivity contribution is 7.89. The van der Waals surface area contributed by atoms with E-state index in [9.17, 15) is 8.42 Å². The molecule has 0 aliphatic rings. The molecule has 0 saturated heterocycles. The molecule has 0 spiro atoms. The third-order valence-corrected chi connectivity index (χ3v) is 4.72. The van der Waals surface area contributed by atoms with Gasteiger partial charge in [-0.25, -0.2) is 13.1 Å². The Morgan fingerprint density at radius 1 is 1.14 bits per heavy atom. The van der Waals surface area contributed by atoms with Crippen molar-refractivity contribution in [1.82, 2.24) is 9.71 Å². The largest absolute Gasteiger partial charge is 0.387 e. The second kappa shape index (κ2) is 6.69. The van der Waals surface area contributed by atoms with Gasteiger partial charge in [-0.1, -0.05) is 31.2 Å². The lowest BCUT2D eigenvalue weighted by Gasteiger charge is -2.12. The molecule has 0 radical (unpaired) electrons. The molecule has 6 heteroatoms. The van der Waals surface area contributed by atoms with Gasteiger partial charge in [0.25, 0.3) is 0 Å². The van der Waals surface area contributed by atoms with Gasteiger partial charge in [-0.3, -0.25) is 4.98 Å². The van der Waals surface area contributed by atoms with E-state index in [1.165, 1.54) is 6.20 Å². The number of aromatic nitrogens is 1. The molecular formula is C15H19N3O2S. The standard InChI is InChI=1S/C15H19N3O2S/c1-3-12-6-4-5-7-13(12)10-18-21(19,20)15-11-17-9-8-14(15)16-2/h4-9,11,18H,3,10H2,1-2H3,(H,16,17). The van der Waals surface area contributed by atoms with E-state index in [4.69, 9.17) is 0 Å². The van der Waals surface area contributed by atoms with E-state index in [0.717, 1.165) is 17.5 Å². The number of sulfonamides is 1. The number of hydrogen-bond donors (Lipinski definition) is 2. The zero-order valence-corrected chi connectivity index (χ0v) is 12.9. The molecule has 0 bridgehead atoms. The summed E-state index contributed by atoms with van der Waals surface area (Å²) in [6, 6.07) is 9.44. The lowest BCUT2D eigenvalue weighted by Crippen LogP contribution is -2.24. The maximum absolute atomic E-state index is 12.4. The van der Waals surface area contributed by atoms with Crippen molar-refractivity contribution in [3.8, 4) is 0 Å². The highest BCUT2D eigenvalue weighted by Gasteiger charge is 2.18. The van der Waals surface area contributed by atoms with Crippen LogP contribution in [0.3, 0.4) is 0 Å². The van der Waals surface area contributed by atoms with Crippen LogP contribution in [0, 0.1) is 0 Å². The molecule has 1 heterocycles. The summed E-state index contributed by atoms with van der Waals surface area (Å²) in [6.45, 7) is 2.32. The molecule has 5 nitrogen and oxygen atoms in total. The minimum Gasteiger partial charge on any atom is -0.387 e. The van der Waals surface area contributed by atoms with Crippen molar-refractivity contribution < 1.29 is 8.42 Å². The topological polar surface area (TPSA) is 71.1 Å². The van der Waals surface area contributed by atoms with E-state index in [2.05, 4.69) is 15.0 Å². The Morgan fingerprint density at radius 3 is 2.52 bits per heavy atom. The van der Waals surface area contributed by atoms with Gasteiger partial charge in [0.1, 0.15) is 4.90 Å². The number of hydrogen-bond acceptors (Lipinski definition) is 4. The molecule has 2 N–H and O–H groups in total. The first-order valence-corrected chi connectivity index (χ1v) is 8.25. The van der Waals surface area contributed by atoms with Crippen LogP contribution < -0.4 is 10.0 Å². The van der Waals surface area contributed by atoms with Gasteiger partial charge in [0.15, 0.2) is 0 Å². The average molecular weight is 305 g/mol. The first kappa shape index (κ1) is 15.5. The zero-order valence-electron chi connectivity index (χ0n) is 12.1. The maximum atomic E-state index is 12.4. The summed E-state index contributed by atoms with van der Waals surface area (Å²) >= 11 is 0. The molecule has 0 fully saturated rings. The quantitative estimate of drug-likeness (QED) is 0.858. The van der Waals surface area contributed by atoms with Crippen LogP contribution in [0.2, 0.25) is 0 Å². The Bertz CT molecular complexity index is 714. The summed E-state index contributed by atoms with van der Waals surface area (Å²) in [7, 11) is -1.92. The van der Waals surface area contributed by atoms with Crippen molar-refractivity contribution in [2.75, 3.05) is 12.4 Å². The van der Waals surface area contributed by atoms with Crippen LogP contribution in [0.5, 0.6) is 0 Å². The van der Waals surface area contributed by atoms with E-state index in [1.807, 2.05) is 31.2 Å². The third-order valence-electron chi connectivity index (χ3n) is 3.30. The van der Waals surface area contributed by atoms with Crippen molar-refractivity contribution in [3.05, 3.63) is 53.9 Å². The SMILES string of the molecule is CCc1ccccc1CNS(=O)(=O)c1cnccc1NC. The van der Waals surface area contributed by atoms with Gasteiger partial charge in [0, 0.05) is 26.0 Å². The fourth-order valence-electron chi connectivity index (χ4n) is 2.13. The number of benzene rings is 1. The number of nitrogens with zero attached hydrogens (tertiary/aromatic N) is 1. The fourth-order valence-corrected chi connectivity index (χ4v) is 3.29. The van der Waals surface area contributed by atoms with Crippen LogP contribution in [0.15, 0.2) is 47.6 Å². The Kier molecular flexibility index (Phi) is 4.93. The van der Waals surface area contributed by atoms with E-state index in [-0.39, 0.29) is 11.4 Å². The lowest BCUT2D eigenvalue weighted by atomic mass is 10.1. The van der Waals surface area contributed by atoms with Gasteiger partial charge in [-0.15, -0.1) is 0 Å². The van der Waals surface area contributed by atoms with Crippen LogP contribution in [0.4, 0.5) is 5.69 Å². The molecule has 2 rings (SSSR count). The first-order valence-electron chi connectivity index (χ1n) is 6.76. The summed E-state index contributed by atoms with van der Waals surface area (Å²) in [4.78, 5) is 4.04. The first-order chi connectivity index (χ1) is 10.1. The number of anilines is 1. The molecule has 0 saturated carbocycles. The van der Waals surface area contributed by atoms with Crippen molar-refractivity contribution in [2.45, 2.75) is 24.8 Å². The van der Waals surface area contributed by atoms with Gasteiger partial charge in [-0.05, 0) is 23.6 Å². The van der Waals surface area contributed by atoms with Crippen molar-refractivity contribution >= 4 is 15.7 Å². The van der Waals surface area contributed by atoms with Gasteiger partial charge < -0.3 is 5.32 Å². The van der Waals surface area contributed by atoms with E-state index >= 15 is 0 Å². The molecule has 0 unspecified atom stereocenters. The molecule has 0 atom stereocenters. The average Bonchev–Trinajstić information content (AvgIpc) is 2.53. The van der Waals surface area contributed by atoms with Crippen LogP contribution in [0.25, 0.3) is 0 Å². The lowest BCUT2D eigenvalue weighted by molar-refractivity contribution is 0.581. The predicted octanol–water partition coefficient (Wildman–Crippen LogP) is 2.16. The third kappa shape index (κ3) is 3.59. The molecule has 0 aliphatic heterocycles. The summed E-state index contributed by atoms with van der Waals surface area (Å²) in [6.07, 6.45) is 3.77. The number of rotatable bonds is 6. The number of pyridine rings is 1. The second-order valence-corrected chi connectivity index (χ2v) is 6.30. The van der Waals surface area contributed by atoms with Crippen LogP contribution in [-0.2, 0) is 23.0 Å². The molecule has 1 aromatic heterocycles. The monoisotopic (exact) mass is 305 g/mol. The Labute approximate surface area is 125 Å². The Balaban J connectivity index is 2.22. The minimum absolute atomic E-state index is 0.154. The summed E-state index contributed by atoms with van der Waals surface area (Å²) < 4.78 is 27.4. The Hall–Kier alpha value is -1.92. The zero-order chi connectivity index (χ0) is 15.3. The van der Waals surface area contributed by atoms with Crippen molar-refractivity contribution in [3.63, 3.8) is 0 Å². The highest BCUT2D eigenvalue weighted by atomic mass is 32.2. The summed E-state index contributed by atoms with van der Waals surface area (Å²) in [5, 5.41) is 2.86. The fraction of sp³-hybridized carbons (Fsp3) is 0.267.